The lowest BCUT2D eigenvalue weighted by Gasteiger charge is -2.43. The molecular weight excluding hydrogens is 340 g/mol. The fourth-order valence-corrected chi connectivity index (χ4v) is 4.56. The van der Waals surface area contributed by atoms with Crippen LogP contribution in [0.3, 0.4) is 0 Å². The van der Waals surface area contributed by atoms with E-state index in [1.807, 2.05) is 0 Å². The van der Waals surface area contributed by atoms with E-state index in [4.69, 9.17) is 5.11 Å². The van der Waals surface area contributed by atoms with Crippen LogP contribution >= 0.6 is 0 Å². The molecule has 0 bridgehead atoms. The largest absolute Gasteiger partial charge is 0.481 e. The molecule has 0 rings (SSSR count). The number of carboxylic acids is 2. The van der Waals surface area contributed by atoms with Crippen molar-refractivity contribution in [1.29, 1.82) is 0 Å². The summed E-state index contributed by atoms with van der Waals surface area (Å²) in [5, 5.41) is 19.3. The summed E-state index contributed by atoms with van der Waals surface area (Å²) >= 11 is 0. The third-order valence-corrected chi connectivity index (χ3v) is 6.41. The SMILES string of the molecule is CCCCCCCC(C(=O)O)(C(C)C)C(CCCCC(C)C(=O)O)C(C)C. The van der Waals surface area contributed by atoms with Crippen molar-refractivity contribution in [3.8, 4) is 0 Å². The quantitative estimate of drug-likeness (QED) is 0.293. The summed E-state index contributed by atoms with van der Waals surface area (Å²) in [6.45, 7) is 12.3. The molecule has 27 heavy (non-hydrogen) atoms. The zero-order valence-electron chi connectivity index (χ0n) is 18.6. The van der Waals surface area contributed by atoms with E-state index in [1.54, 1.807) is 6.92 Å². The molecule has 4 heteroatoms. The van der Waals surface area contributed by atoms with Crippen LogP contribution < -0.4 is 0 Å². The Morgan fingerprint density at radius 2 is 1.37 bits per heavy atom. The number of carbonyl (C=O) groups is 2. The highest BCUT2D eigenvalue weighted by molar-refractivity contribution is 5.75. The Labute approximate surface area is 167 Å². The molecule has 2 N–H and O–H groups in total. The first-order chi connectivity index (χ1) is 12.6. The van der Waals surface area contributed by atoms with Crippen LogP contribution in [0.1, 0.15) is 106 Å². The van der Waals surface area contributed by atoms with E-state index in [9.17, 15) is 14.7 Å². The standard InChI is InChI=1S/C23H44O4/c1-7-8-9-10-13-16-23(18(4)5,22(26)27)20(17(2)3)15-12-11-14-19(6)21(24)25/h17-20H,7-16H2,1-6H3,(H,24,25)(H,26,27). The molecule has 0 aromatic heterocycles. The van der Waals surface area contributed by atoms with E-state index >= 15 is 0 Å². The Kier molecular flexibility index (Phi) is 12.7. The minimum atomic E-state index is -0.746. The topological polar surface area (TPSA) is 74.6 Å². The van der Waals surface area contributed by atoms with Crippen LogP contribution in [0.15, 0.2) is 0 Å². The molecule has 160 valence electrons. The van der Waals surface area contributed by atoms with Crippen molar-refractivity contribution in [2.24, 2.45) is 29.1 Å². The first-order valence-electron chi connectivity index (χ1n) is 11.1. The molecule has 0 amide bonds. The van der Waals surface area contributed by atoms with E-state index in [0.29, 0.717) is 12.3 Å². The average molecular weight is 385 g/mol. The summed E-state index contributed by atoms with van der Waals surface area (Å²) < 4.78 is 0. The lowest BCUT2D eigenvalue weighted by atomic mass is 9.60. The van der Waals surface area contributed by atoms with Gasteiger partial charge in [0.1, 0.15) is 0 Å². The Morgan fingerprint density at radius 3 is 1.81 bits per heavy atom. The highest BCUT2D eigenvalue weighted by atomic mass is 16.4. The first kappa shape index (κ1) is 25.9. The number of carboxylic acid groups (broad SMARTS) is 2. The van der Waals surface area contributed by atoms with E-state index < -0.39 is 17.4 Å². The van der Waals surface area contributed by atoms with Gasteiger partial charge >= 0.3 is 11.9 Å². The molecule has 0 radical (unpaired) electrons. The molecular formula is C23H44O4. The zero-order chi connectivity index (χ0) is 21.0. The van der Waals surface area contributed by atoms with E-state index in [1.165, 1.54) is 19.3 Å². The summed E-state index contributed by atoms with van der Waals surface area (Å²) in [6.07, 6.45) is 9.71. The Balaban J connectivity index is 5.11. The van der Waals surface area contributed by atoms with Gasteiger partial charge in [-0.25, -0.2) is 0 Å². The molecule has 0 fully saturated rings. The van der Waals surface area contributed by atoms with Gasteiger partial charge in [0.25, 0.3) is 0 Å². The number of rotatable bonds is 16. The van der Waals surface area contributed by atoms with Gasteiger partial charge in [0.15, 0.2) is 0 Å². The number of hydrogen-bond donors (Lipinski definition) is 2. The molecule has 0 saturated heterocycles. The third kappa shape index (κ3) is 8.23. The van der Waals surface area contributed by atoms with Gasteiger partial charge in [0, 0.05) is 0 Å². The number of hydrogen-bond acceptors (Lipinski definition) is 2. The second-order valence-electron chi connectivity index (χ2n) is 9.04. The maximum Gasteiger partial charge on any atom is 0.310 e. The molecule has 0 aromatic rings. The fraction of sp³-hybridized carbons (Fsp3) is 0.913. The molecule has 4 nitrogen and oxygen atoms in total. The van der Waals surface area contributed by atoms with Crippen LogP contribution in [0.4, 0.5) is 0 Å². The Morgan fingerprint density at radius 1 is 0.815 bits per heavy atom. The molecule has 0 heterocycles. The first-order valence-corrected chi connectivity index (χ1v) is 11.1. The van der Waals surface area contributed by atoms with Crippen LogP contribution in [0.2, 0.25) is 0 Å². The lowest BCUT2D eigenvalue weighted by molar-refractivity contribution is -0.160. The van der Waals surface area contributed by atoms with Gasteiger partial charge in [-0.3, -0.25) is 9.59 Å². The van der Waals surface area contributed by atoms with Crippen LogP contribution in [0.5, 0.6) is 0 Å². The molecule has 0 aliphatic carbocycles. The third-order valence-electron chi connectivity index (χ3n) is 6.41. The second-order valence-corrected chi connectivity index (χ2v) is 9.04. The fourth-order valence-electron chi connectivity index (χ4n) is 4.56. The van der Waals surface area contributed by atoms with Gasteiger partial charge in [0.05, 0.1) is 11.3 Å². The minimum absolute atomic E-state index is 0.0894. The number of aliphatic carboxylic acids is 2. The molecule has 0 aliphatic heterocycles. The highest BCUT2D eigenvalue weighted by Crippen LogP contribution is 2.47. The van der Waals surface area contributed by atoms with Crippen molar-refractivity contribution >= 4 is 11.9 Å². The lowest BCUT2D eigenvalue weighted by Crippen LogP contribution is -2.45. The van der Waals surface area contributed by atoms with Gasteiger partial charge in [0.2, 0.25) is 0 Å². The van der Waals surface area contributed by atoms with Crippen LogP contribution in [-0.4, -0.2) is 22.2 Å². The zero-order valence-corrected chi connectivity index (χ0v) is 18.6. The van der Waals surface area contributed by atoms with E-state index in [-0.39, 0.29) is 17.8 Å². The van der Waals surface area contributed by atoms with Crippen molar-refractivity contribution in [3.05, 3.63) is 0 Å². The van der Waals surface area contributed by atoms with E-state index in [2.05, 4.69) is 34.6 Å². The molecule has 0 aliphatic rings. The normalized spacial score (nSPS) is 16.3. The van der Waals surface area contributed by atoms with Gasteiger partial charge < -0.3 is 10.2 Å². The van der Waals surface area contributed by atoms with Crippen molar-refractivity contribution in [3.63, 3.8) is 0 Å². The van der Waals surface area contributed by atoms with E-state index in [0.717, 1.165) is 38.5 Å². The highest BCUT2D eigenvalue weighted by Gasteiger charge is 2.48. The maximum absolute atomic E-state index is 12.5. The summed E-state index contributed by atoms with van der Waals surface area (Å²) in [5.74, 6) is -1.20. The molecule has 0 spiro atoms. The van der Waals surface area contributed by atoms with Gasteiger partial charge in [-0.2, -0.15) is 0 Å². The molecule has 3 atom stereocenters. The Bertz CT molecular complexity index is 430. The van der Waals surface area contributed by atoms with Gasteiger partial charge in [-0.05, 0) is 37.0 Å². The average Bonchev–Trinajstić information content (AvgIpc) is 2.57. The predicted molar refractivity (Wildman–Crippen MR) is 112 cm³/mol. The van der Waals surface area contributed by atoms with Gasteiger partial charge in [-0.1, -0.05) is 86.5 Å². The molecule has 3 unspecified atom stereocenters. The van der Waals surface area contributed by atoms with Crippen LogP contribution in [-0.2, 0) is 9.59 Å². The number of unbranched alkanes of at least 4 members (excludes halogenated alkanes) is 5. The molecule has 0 aromatic carbocycles. The van der Waals surface area contributed by atoms with Crippen LogP contribution in [0, 0.1) is 29.1 Å². The monoisotopic (exact) mass is 384 g/mol. The molecule has 0 saturated carbocycles. The summed E-state index contributed by atoms with van der Waals surface area (Å²) in [5.41, 5.74) is -0.682. The van der Waals surface area contributed by atoms with Crippen molar-refractivity contribution in [1.82, 2.24) is 0 Å². The smallest absolute Gasteiger partial charge is 0.310 e. The summed E-state index contributed by atoms with van der Waals surface area (Å²) in [4.78, 5) is 23.5. The minimum Gasteiger partial charge on any atom is -0.481 e. The Hall–Kier alpha value is -1.06. The van der Waals surface area contributed by atoms with Crippen LogP contribution in [0.25, 0.3) is 0 Å². The maximum atomic E-state index is 12.5. The second kappa shape index (κ2) is 13.2. The van der Waals surface area contributed by atoms with Gasteiger partial charge in [-0.15, -0.1) is 0 Å². The van der Waals surface area contributed by atoms with Crippen molar-refractivity contribution < 1.29 is 19.8 Å². The summed E-state index contributed by atoms with van der Waals surface area (Å²) in [7, 11) is 0. The van der Waals surface area contributed by atoms with Crippen molar-refractivity contribution in [2.45, 2.75) is 106 Å². The summed E-state index contributed by atoms with van der Waals surface area (Å²) in [6, 6.07) is 0. The van der Waals surface area contributed by atoms with Crippen molar-refractivity contribution in [2.75, 3.05) is 0 Å². The predicted octanol–water partition coefficient (Wildman–Crippen LogP) is 6.63.